The molecule has 1 saturated carbocycles. The lowest BCUT2D eigenvalue weighted by Crippen LogP contribution is -2.40. The maximum atomic E-state index is 6.08. The molecule has 1 aliphatic heterocycles. The lowest BCUT2D eigenvalue weighted by Gasteiger charge is -2.39. The monoisotopic (exact) mass is 377 g/mol. The maximum Gasteiger partial charge on any atom is 0.207 e. The fraction of sp³-hybridized carbons (Fsp3) is 0.409. The van der Waals surface area contributed by atoms with Gasteiger partial charge in [0.05, 0.1) is 24.6 Å². The van der Waals surface area contributed by atoms with E-state index in [1.807, 2.05) is 6.07 Å². The quantitative estimate of drug-likeness (QED) is 0.586. The third-order valence-corrected chi connectivity index (χ3v) is 5.46. The van der Waals surface area contributed by atoms with Gasteiger partial charge in [-0.05, 0) is 49.8 Å². The molecule has 0 N–H and O–H groups in total. The number of benzene rings is 1. The molecule has 1 aromatic heterocycles. The van der Waals surface area contributed by atoms with Crippen molar-refractivity contribution < 1.29 is 4.74 Å². The Balaban J connectivity index is 1.67. The van der Waals surface area contributed by atoms with E-state index >= 15 is 0 Å². The number of ether oxygens (including phenoxy) is 1. The van der Waals surface area contributed by atoms with E-state index in [0.29, 0.717) is 5.90 Å². The Hall–Kier alpha value is -2.89. The Bertz CT molecular complexity index is 878. The van der Waals surface area contributed by atoms with E-state index in [1.54, 1.807) is 30.3 Å². The maximum absolute atomic E-state index is 6.08. The van der Waals surface area contributed by atoms with Crippen molar-refractivity contribution in [1.82, 2.24) is 19.9 Å². The molecule has 4 rings (SSSR count). The van der Waals surface area contributed by atoms with Crippen LogP contribution >= 0.6 is 0 Å². The highest BCUT2D eigenvalue weighted by atomic mass is 16.5. The van der Waals surface area contributed by atoms with Crippen molar-refractivity contribution in [2.75, 3.05) is 20.1 Å². The summed E-state index contributed by atoms with van der Waals surface area (Å²) in [6.07, 6.45) is 11.0. The van der Waals surface area contributed by atoms with Gasteiger partial charge in [-0.1, -0.05) is 24.8 Å². The van der Waals surface area contributed by atoms with Gasteiger partial charge in [-0.3, -0.25) is 4.99 Å². The molecule has 1 atom stereocenters. The molecule has 1 saturated heterocycles. The first-order valence-electron chi connectivity index (χ1n) is 9.99. The highest BCUT2D eigenvalue weighted by Crippen LogP contribution is 2.38. The largest absolute Gasteiger partial charge is 0.473 e. The second kappa shape index (κ2) is 8.42. The zero-order valence-electron chi connectivity index (χ0n) is 16.4. The number of aliphatic imine (C=N–C) groups is 1. The first-order chi connectivity index (χ1) is 13.8. The summed E-state index contributed by atoms with van der Waals surface area (Å²) >= 11 is 0. The summed E-state index contributed by atoms with van der Waals surface area (Å²) in [7, 11) is 1.74. The summed E-state index contributed by atoms with van der Waals surface area (Å²) in [4.78, 5) is 8.37. The van der Waals surface area contributed by atoms with Crippen LogP contribution in [0, 0.1) is 0 Å². The third-order valence-electron chi connectivity index (χ3n) is 5.46. The number of hydrogen-bond acceptors (Lipinski definition) is 5. The molecule has 6 heteroatoms. The Morgan fingerprint density at radius 2 is 2.00 bits per heavy atom. The molecule has 146 valence electrons. The zero-order chi connectivity index (χ0) is 19.3. The zero-order valence-corrected chi connectivity index (χ0v) is 16.4. The number of aromatic nitrogens is 3. The summed E-state index contributed by atoms with van der Waals surface area (Å²) < 4.78 is 6.08. The summed E-state index contributed by atoms with van der Waals surface area (Å²) in [6.45, 7) is 5.68. The molecule has 1 aliphatic carbocycles. The van der Waals surface area contributed by atoms with Gasteiger partial charge in [0.1, 0.15) is 6.10 Å². The number of piperidine rings is 1. The number of rotatable bonds is 5. The molecule has 1 unspecified atom stereocenters. The second-order valence-corrected chi connectivity index (χ2v) is 7.24. The molecule has 1 aromatic carbocycles. The fourth-order valence-electron chi connectivity index (χ4n) is 3.96. The number of likely N-dealkylation sites (tertiary alicyclic amines) is 1. The molecule has 2 fully saturated rings. The van der Waals surface area contributed by atoms with Crippen LogP contribution in [0.3, 0.4) is 0 Å². The lowest BCUT2D eigenvalue weighted by atomic mass is 9.86. The van der Waals surface area contributed by atoms with E-state index in [0.717, 1.165) is 44.5 Å². The summed E-state index contributed by atoms with van der Waals surface area (Å²) in [6, 6.07) is 8.42. The molecular formula is C22H27N5O. The highest BCUT2D eigenvalue weighted by Gasteiger charge is 2.29. The number of hydrogen-bond donors (Lipinski definition) is 0. The van der Waals surface area contributed by atoms with Crippen LogP contribution in [0.4, 0.5) is 0 Å². The van der Waals surface area contributed by atoms with Gasteiger partial charge in [-0.2, -0.15) is 15.0 Å². The topological polar surface area (TPSA) is 55.5 Å². The minimum absolute atomic E-state index is 0.121. The number of para-hydroxylation sites is 1. The first-order valence-corrected chi connectivity index (χ1v) is 9.99. The van der Waals surface area contributed by atoms with E-state index in [-0.39, 0.29) is 6.10 Å². The van der Waals surface area contributed by atoms with Crippen LogP contribution in [-0.2, 0) is 4.74 Å². The van der Waals surface area contributed by atoms with Gasteiger partial charge in [-0.15, -0.1) is 0 Å². The van der Waals surface area contributed by atoms with Crippen LogP contribution in [0.15, 0.2) is 59.9 Å². The van der Waals surface area contributed by atoms with Gasteiger partial charge in [0.25, 0.3) is 0 Å². The van der Waals surface area contributed by atoms with E-state index in [9.17, 15) is 0 Å². The summed E-state index contributed by atoms with van der Waals surface area (Å²) in [5.74, 6) is 0.617. The molecule has 2 heterocycles. The summed E-state index contributed by atoms with van der Waals surface area (Å²) in [5.41, 5.74) is 5.07. The van der Waals surface area contributed by atoms with Gasteiger partial charge in [-0.25, -0.2) is 0 Å². The lowest BCUT2D eigenvalue weighted by molar-refractivity contribution is 0.110. The SMILES string of the molecule is C=CC(=NC)OC1CCCN(C(=C2CCC2)c2ccccc2-n2nccn2)C1. The number of allylic oxidation sites excluding steroid dienone is 1. The van der Waals surface area contributed by atoms with E-state index in [1.165, 1.54) is 23.3 Å². The van der Waals surface area contributed by atoms with Gasteiger partial charge < -0.3 is 9.64 Å². The predicted molar refractivity (Wildman–Crippen MR) is 111 cm³/mol. The van der Waals surface area contributed by atoms with Crippen LogP contribution in [0.2, 0.25) is 0 Å². The van der Waals surface area contributed by atoms with Crippen LogP contribution < -0.4 is 0 Å². The molecule has 28 heavy (non-hydrogen) atoms. The molecule has 2 aromatic rings. The van der Waals surface area contributed by atoms with Crippen molar-refractivity contribution in [3.05, 3.63) is 60.5 Å². The minimum Gasteiger partial charge on any atom is -0.473 e. The Labute approximate surface area is 166 Å². The van der Waals surface area contributed by atoms with Crippen molar-refractivity contribution in [3.8, 4) is 5.69 Å². The molecule has 0 spiro atoms. The van der Waals surface area contributed by atoms with Crippen molar-refractivity contribution >= 4 is 11.6 Å². The molecular weight excluding hydrogens is 350 g/mol. The number of nitrogens with zero attached hydrogens (tertiary/aromatic N) is 5. The van der Waals surface area contributed by atoms with Crippen molar-refractivity contribution in [2.24, 2.45) is 4.99 Å². The molecule has 6 nitrogen and oxygen atoms in total. The fourth-order valence-corrected chi connectivity index (χ4v) is 3.96. The standard InChI is InChI=1S/C22H27N5O/c1-3-21(23-2)28-18-10-7-15-26(16-18)22(17-8-6-9-17)19-11-4-5-12-20(19)27-24-13-14-25-27/h3-5,11-14,18H,1,6-10,15-16H2,2H3. The van der Waals surface area contributed by atoms with E-state index < -0.39 is 0 Å². The van der Waals surface area contributed by atoms with Crippen LogP contribution in [0.1, 0.15) is 37.7 Å². The average molecular weight is 377 g/mol. The smallest absolute Gasteiger partial charge is 0.207 e. The first kappa shape index (κ1) is 18.5. The van der Waals surface area contributed by atoms with Crippen LogP contribution in [-0.4, -0.2) is 52.0 Å². The Morgan fingerprint density at radius 1 is 1.21 bits per heavy atom. The second-order valence-electron chi connectivity index (χ2n) is 7.24. The third kappa shape index (κ3) is 3.72. The van der Waals surface area contributed by atoms with Gasteiger partial charge in [0.15, 0.2) is 0 Å². The van der Waals surface area contributed by atoms with Crippen LogP contribution in [0.25, 0.3) is 11.4 Å². The molecule has 0 amide bonds. The van der Waals surface area contributed by atoms with Gasteiger partial charge in [0, 0.05) is 24.9 Å². The average Bonchev–Trinajstić information content (AvgIpc) is 3.23. The van der Waals surface area contributed by atoms with Crippen molar-refractivity contribution in [2.45, 2.75) is 38.2 Å². The molecule has 0 bridgehead atoms. The van der Waals surface area contributed by atoms with E-state index in [2.05, 4.69) is 44.9 Å². The Morgan fingerprint density at radius 3 is 2.68 bits per heavy atom. The highest BCUT2D eigenvalue weighted by molar-refractivity contribution is 5.87. The predicted octanol–water partition coefficient (Wildman–Crippen LogP) is 3.86. The normalized spacial score (nSPS) is 19.9. The Kier molecular flexibility index (Phi) is 5.55. The van der Waals surface area contributed by atoms with Crippen LogP contribution in [0.5, 0.6) is 0 Å². The summed E-state index contributed by atoms with van der Waals surface area (Å²) in [5, 5.41) is 8.73. The molecule has 0 radical (unpaired) electrons. The van der Waals surface area contributed by atoms with E-state index in [4.69, 9.17) is 4.74 Å². The van der Waals surface area contributed by atoms with Gasteiger partial charge >= 0.3 is 0 Å². The minimum atomic E-state index is 0.121. The van der Waals surface area contributed by atoms with Crippen molar-refractivity contribution in [3.63, 3.8) is 0 Å². The van der Waals surface area contributed by atoms with Crippen molar-refractivity contribution in [1.29, 1.82) is 0 Å². The molecule has 2 aliphatic rings. The van der Waals surface area contributed by atoms with Gasteiger partial charge in [0.2, 0.25) is 5.90 Å².